The Morgan fingerprint density at radius 2 is 2.10 bits per heavy atom. The maximum atomic E-state index is 13.8. The average Bonchev–Trinajstić information content (AvgIpc) is 2.97. The summed E-state index contributed by atoms with van der Waals surface area (Å²) in [6.07, 6.45) is -0.817. The second-order valence-electron chi connectivity index (χ2n) is 5.22. The molecule has 1 aromatic carbocycles. The van der Waals surface area contributed by atoms with Gasteiger partial charge in [0.25, 0.3) is 5.92 Å². The number of hydrogen-bond acceptors (Lipinski definition) is 3. The Labute approximate surface area is 119 Å². The van der Waals surface area contributed by atoms with Crippen LogP contribution < -0.4 is 5.32 Å². The molecule has 3 rings (SSSR count). The summed E-state index contributed by atoms with van der Waals surface area (Å²) in [4.78, 5) is 24.4. The lowest BCUT2D eigenvalue weighted by Crippen LogP contribution is -2.40. The summed E-state index contributed by atoms with van der Waals surface area (Å²) in [5.74, 6) is -5.39. The van der Waals surface area contributed by atoms with Crippen LogP contribution in [-0.2, 0) is 16.1 Å². The Bertz CT molecular complexity index is 565. The third kappa shape index (κ3) is 2.43. The highest BCUT2D eigenvalue weighted by Crippen LogP contribution is 2.40. The van der Waals surface area contributed by atoms with Gasteiger partial charge in [-0.05, 0) is 5.56 Å². The molecule has 0 aliphatic carbocycles. The third-order valence-corrected chi connectivity index (χ3v) is 3.83. The molecule has 0 saturated carbocycles. The number of nitrogens with zero attached hydrogens (tertiary/aromatic N) is 1. The molecule has 0 unspecified atom stereocenters. The second-order valence-corrected chi connectivity index (χ2v) is 5.22. The molecule has 1 N–H and O–H groups in total. The molecule has 0 radical (unpaired) electrons. The van der Waals surface area contributed by atoms with Gasteiger partial charge < -0.3 is 10.1 Å². The number of hydrogen-bond donors (Lipinski definition) is 1. The lowest BCUT2D eigenvalue weighted by molar-refractivity contribution is -0.131. The van der Waals surface area contributed by atoms with Crippen molar-refractivity contribution in [1.29, 1.82) is 0 Å². The van der Waals surface area contributed by atoms with Gasteiger partial charge in [0.15, 0.2) is 0 Å². The Kier molecular flexibility index (Phi) is 3.27. The normalized spacial score (nSPS) is 26.4. The molecule has 112 valence electrons. The molecule has 1 aromatic rings. The quantitative estimate of drug-likeness (QED) is 0.897. The van der Waals surface area contributed by atoms with Crippen LogP contribution >= 0.6 is 0 Å². The number of nitrogens with one attached hydrogen (secondary N) is 1. The number of carbonyl (C=O) groups is 2. The molecule has 2 atom stereocenters. The highest BCUT2D eigenvalue weighted by Gasteiger charge is 2.62. The van der Waals surface area contributed by atoms with Gasteiger partial charge in [-0.3, -0.25) is 9.69 Å². The summed E-state index contributed by atoms with van der Waals surface area (Å²) in [5, 5.41) is 2.37. The number of alkyl halides is 2. The van der Waals surface area contributed by atoms with Gasteiger partial charge in [0.05, 0.1) is 12.6 Å². The Hall–Kier alpha value is -2.18. The second kappa shape index (κ2) is 4.98. The van der Waals surface area contributed by atoms with Crippen LogP contribution in [-0.4, -0.2) is 42.0 Å². The lowest BCUT2D eigenvalue weighted by Gasteiger charge is -2.21. The highest BCUT2D eigenvalue weighted by atomic mass is 19.3. The van der Waals surface area contributed by atoms with Crippen molar-refractivity contribution in [2.75, 3.05) is 13.1 Å². The first-order valence-corrected chi connectivity index (χ1v) is 6.62. The fraction of sp³-hybridized carbons (Fsp3) is 0.429. The number of likely N-dealkylation sites (tertiary alicyclic amines) is 1. The van der Waals surface area contributed by atoms with Crippen LogP contribution in [0.15, 0.2) is 30.3 Å². The van der Waals surface area contributed by atoms with E-state index in [9.17, 15) is 18.4 Å². The Balaban J connectivity index is 1.67. The first-order valence-electron chi connectivity index (χ1n) is 6.62. The van der Waals surface area contributed by atoms with Crippen molar-refractivity contribution >= 4 is 12.0 Å². The van der Waals surface area contributed by atoms with E-state index in [0.29, 0.717) is 0 Å². The minimum Gasteiger partial charge on any atom is -0.445 e. The molecule has 7 heteroatoms. The van der Waals surface area contributed by atoms with E-state index >= 15 is 0 Å². The fourth-order valence-corrected chi connectivity index (χ4v) is 2.82. The van der Waals surface area contributed by atoms with Gasteiger partial charge in [-0.1, -0.05) is 30.3 Å². The molecular weight excluding hydrogens is 282 g/mol. The van der Waals surface area contributed by atoms with Crippen molar-refractivity contribution in [3.8, 4) is 0 Å². The van der Waals surface area contributed by atoms with E-state index in [1.54, 1.807) is 24.3 Å². The summed E-state index contributed by atoms with van der Waals surface area (Å²) in [6.45, 7) is -0.719. The molecule has 2 amide bonds. The van der Waals surface area contributed by atoms with Gasteiger partial charge in [-0.2, -0.15) is 0 Å². The van der Waals surface area contributed by atoms with Crippen LogP contribution in [0.25, 0.3) is 0 Å². The van der Waals surface area contributed by atoms with E-state index in [-0.39, 0.29) is 13.2 Å². The first-order chi connectivity index (χ1) is 9.99. The Morgan fingerprint density at radius 1 is 1.38 bits per heavy atom. The van der Waals surface area contributed by atoms with Crippen molar-refractivity contribution in [3.05, 3.63) is 35.9 Å². The molecule has 2 aliphatic rings. The van der Waals surface area contributed by atoms with Gasteiger partial charge in [-0.25, -0.2) is 13.6 Å². The molecule has 2 aliphatic heterocycles. The number of amides is 2. The summed E-state index contributed by atoms with van der Waals surface area (Å²) in [6, 6.07) is 8.12. The van der Waals surface area contributed by atoms with E-state index in [2.05, 4.69) is 5.32 Å². The van der Waals surface area contributed by atoms with Crippen LogP contribution in [0.5, 0.6) is 0 Å². The minimum absolute atomic E-state index is 0.0144. The zero-order valence-corrected chi connectivity index (χ0v) is 11.1. The standard InChI is InChI=1S/C14H14F2N2O3/c15-14(16)8-18(10-6-17-12(19)11(10)14)13(20)21-7-9-4-2-1-3-5-9/h1-5,10-11H,6-8H2,(H,17,19)/t10-,11-/m1/s1. The van der Waals surface area contributed by atoms with Crippen molar-refractivity contribution in [1.82, 2.24) is 10.2 Å². The zero-order valence-electron chi connectivity index (χ0n) is 11.1. The maximum Gasteiger partial charge on any atom is 0.410 e. The number of halogens is 2. The number of rotatable bonds is 2. The Morgan fingerprint density at radius 3 is 2.81 bits per heavy atom. The minimum atomic E-state index is -3.21. The van der Waals surface area contributed by atoms with Crippen LogP contribution in [0.3, 0.4) is 0 Å². The van der Waals surface area contributed by atoms with Crippen LogP contribution in [0.2, 0.25) is 0 Å². The molecule has 5 nitrogen and oxygen atoms in total. The predicted octanol–water partition coefficient (Wildman–Crippen LogP) is 1.39. The lowest BCUT2D eigenvalue weighted by atomic mass is 10.0. The largest absolute Gasteiger partial charge is 0.445 e. The predicted molar refractivity (Wildman–Crippen MR) is 68.6 cm³/mol. The maximum absolute atomic E-state index is 13.8. The summed E-state index contributed by atoms with van der Waals surface area (Å²) in [5.41, 5.74) is 0.772. The molecular formula is C14H14F2N2O3. The van der Waals surface area contributed by atoms with Crippen molar-refractivity contribution in [2.24, 2.45) is 5.92 Å². The van der Waals surface area contributed by atoms with Crippen LogP contribution in [0.1, 0.15) is 5.56 Å². The van der Waals surface area contributed by atoms with Crippen molar-refractivity contribution in [3.63, 3.8) is 0 Å². The van der Waals surface area contributed by atoms with Gasteiger partial charge in [-0.15, -0.1) is 0 Å². The number of carbonyl (C=O) groups excluding carboxylic acids is 2. The monoisotopic (exact) mass is 296 g/mol. The van der Waals surface area contributed by atoms with E-state index in [0.717, 1.165) is 10.5 Å². The molecule has 0 spiro atoms. The van der Waals surface area contributed by atoms with Gasteiger partial charge in [0.1, 0.15) is 12.5 Å². The first kappa shape index (κ1) is 13.8. The molecule has 0 bridgehead atoms. The van der Waals surface area contributed by atoms with Crippen LogP contribution in [0.4, 0.5) is 13.6 Å². The SMILES string of the molecule is O=C1NC[C@@H]2[C@H]1C(F)(F)CN2C(=O)OCc1ccccc1. The third-order valence-electron chi connectivity index (χ3n) is 3.83. The summed E-state index contributed by atoms with van der Waals surface area (Å²) < 4.78 is 32.7. The molecule has 21 heavy (non-hydrogen) atoms. The molecule has 2 heterocycles. The van der Waals surface area contributed by atoms with E-state index < -0.39 is 36.4 Å². The average molecular weight is 296 g/mol. The van der Waals surface area contributed by atoms with Gasteiger partial charge >= 0.3 is 6.09 Å². The van der Waals surface area contributed by atoms with Gasteiger partial charge in [0, 0.05) is 6.54 Å². The van der Waals surface area contributed by atoms with E-state index in [1.165, 1.54) is 0 Å². The number of ether oxygens (including phenoxy) is 1. The zero-order chi connectivity index (χ0) is 15.0. The van der Waals surface area contributed by atoms with Crippen molar-refractivity contribution < 1.29 is 23.1 Å². The van der Waals surface area contributed by atoms with Crippen LogP contribution in [0, 0.1) is 5.92 Å². The summed E-state index contributed by atoms with van der Waals surface area (Å²) in [7, 11) is 0. The van der Waals surface area contributed by atoms with E-state index in [1.807, 2.05) is 6.07 Å². The molecule has 2 saturated heterocycles. The summed E-state index contributed by atoms with van der Waals surface area (Å²) >= 11 is 0. The van der Waals surface area contributed by atoms with Crippen molar-refractivity contribution in [2.45, 2.75) is 18.6 Å². The topological polar surface area (TPSA) is 58.6 Å². The number of fused-ring (bicyclic) bond motifs is 1. The fourth-order valence-electron chi connectivity index (χ4n) is 2.82. The number of benzene rings is 1. The smallest absolute Gasteiger partial charge is 0.410 e. The molecule has 2 fully saturated rings. The highest BCUT2D eigenvalue weighted by molar-refractivity contribution is 5.85. The molecule has 0 aromatic heterocycles. The van der Waals surface area contributed by atoms with E-state index in [4.69, 9.17) is 4.74 Å². The van der Waals surface area contributed by atoms with Gasteiger partial charge in [0.2, 0.25) is 5.91 Å².